The summed E-state index contributed by atoms with van der Waals surface area (Å²) in [5.74, 6) is 4.64. The van der Waals surface area contributed by atoms with E-state index in [-0.39, 0.29) is 0 Å². The summed E-state index contributed by atoms with van der Waals surface area (Å²) in [6.45, 7) is 8.70. The predicted octanol–water partition coefficient (Wildman–Crippen LogP) is 2.10. The Kier molecular flexibility index (Phi) is 3.14. The van der Waals surface area contributed by atoms with Gasteiger partial charge in [0.2, 0.25) is 0 Å². The van der Waals surface area contributed by atoms with Crippen molar-refractivity contribution in [2.45, 2.75) is 33.0 Å². The summed E-state index contributed by atoms with van der Waals surface area (Å²) in [6, 6.07) is 0. The van der Waals surface area contributed by atoms with Crippen molar-refractivity contribution >= 4 is 19.4 Å². The van der Waals surface area contributed by atoms with Crippen molar-refractivity contribution in [1.82, 2.24) is 14.4 Å². The summed E-state index contributed by atoms with van der Waals surface area (Å²) in [5, 5.41) is 0. The number of aryl methyl sites for hydroxylation is 1. The van der Waals surface area contributed by atoms with Crippen LogP contribution in [0.3, 0.4) is 0 Å². The lowest BCUT2D eigenvalue weighted by molar-refractivity contribution is 0.927. The van der Waals surface area contributed by atoms with Gasteiger partial charge in [-0.2, -0.15) is 0 Å². The van der Waals surface area contributed by atoms with E-state index >= 15 is 0 Å². The largest absolute Gasteiger partial charge is 0.382 e. The number of fused-ring (bicyclic) bond motifs is 1. The zero-order valence-electron chi connectivity index (χ0n) is 11.3. The molecule has 2 aromatic rings. The van der Waals surface area contributed by atoms with Crippen molar-refractivity contribution in [2.75, 3.05) is 5.73 Å². The Morgan fingerprint density at radius 1 is 1.39 bits per heavy atom. The highest BCUT2D eigenvalue weighted by atomic mass is 28.3. The molecule has 0 saturated carbocycles. The number of imidazole rings is 1. The summed E-state index contributed by atoms with van der Waals surface area (Å²) in [6.07, 6.45) is 4.43. The zero-order valence-corrected chi connectivity index (χ0v) is 12.3. The summed E-state index contributed by atoms with van der Waals surface area (Å²) in [5.41, 5.74) is 10.8. The first kappa shape index (κ1) is 12.6. The Hall–Kier alpha value is -1.80. The average molecular weight is 258 g/mol. The summed E-state index contributed by atoms with van der Waals surface area (Å²) in [4.78, 5) is 8.68. The molecule has 18 heavy (non-hydrogen) atoms. The van der Waals surface area contributed by atoms with Gasteiger partial charge in [-0.3, -0.25) is 4.40 Å². The van der Waals surface area contributed by atoms with Crippen LogP contribution in [0.4, 0.5) is 5.82 Å². The van der Waals surface area contributed by atoms with E-state index in [9.17, 15) is 0 Å². The van der Waals surface area contributed by atoms with E-state index in [1.807, 2.05) is 10.6 Å². The number of nitrogens with zero attached hydrogens (tertiary/aromatic N) is 3. The minimum atomic E-state index is -1.42. The van der Waals surface area contributed by atoms with Crippen molar-refractivity contribution < 1.29 is 0 Å². The molecule has 0 atom stereocenters. The molecule has 2 heterocycles. The van der Waals surface area contributed by atoms with E-state index < -0.39 is 8.07 Å². The number of hydrogen-bond donors (Lipinski definition) is 1. The predicted molar refractivity (Wildman–Crippen MR) is 77.0 cm³/mol. The molecule has 2 aromatic heterocycles. The van der Waals surface area contributed by atoms with Gasteiger partial charge in [0.25, 0.3) is 0 Å². The molecule has 0 saturated heterocycles. The van der Waals surface area contributed by atoms with Crippen LogP contribution in [0.5, 0.6) is 0 Å². The third-order valence-electron chi connectivity index (χ3n) is 2.53. The smallest absolute Gasteiger partial charge is 0.150 e. The molecule has 0 aliphatic carbocycles. The molecule has 0 amide bonds. The molecule has 0 bridgehead atoms. The number of aromatic nitrogens is 3. The van der Waals surface area contributed by atoms with Crippen molar-refractivity contribution in [3.05, 3.63) is 23.9 Å². The fraction of sp³-hybridized carbons (Fsp3) is 0.385. The Bertz CT molecular complexity index is 641. The quantitative estimate of drug-likeness (QED) is 0.629. The molecule has 4 nitrogen and oxygen atoms in total. The SMILES string of the molecule is CCc1nc(C#C[Si](C)(C)C)c2c(N)nccn12. The third-order valence-corrected chi connectivity index (χ3v) is 3.40. The molecule has 0 fully saturated rings. The topological polar surface area (TPSA) is 56.2 Å². The van der Waals surface area contributed by atoms with Crippen LogP contribution in [0, 0.1) is 11.5 Å². The maximum atomic E-state index is 5.94. The second-order valence-corrected chi connectivity index (χ2v) is 10.0. The Balaban J connectivity index is 2.67. The van der Waals surface area contributed by atoms with Gasteiger partial charge in [0.15, 0.2) is 5.82 Å². The molecule has 0 spiro atoms. The average Bonchev–Trinajstić information content (AvgIpc) is 2.65. The van der Waals surface area contributed by atoms with Crippen molar-refractivity contribution in [1.29, 1.82) is 0 Å². The number of rotatable bonds is 1. The van der Waals surface area contributed by atoms with Gasteiger partial charge in [0, 0.05) is 18.8 Å². The van der Waals surface area contributed by atoms with Gasteiger partial charge in [-0.15, -0.1) is 5.54 Å². The zero-order chi connectivity index (χ0) is 13.3. The Morgan fingerprint density at radius 3 is 2.72 bits per heavy atom. The highest BCUT2D eigenvalue weighted by Gasteiger charge is 2.13. The standard InChI is InChI=1S/C13H18N4Si/c1-5-11-16-10(6-9-18(2,3)4)12-13(14)15-7-8-17(11)12/h7-8H,5H2,1-4H3,(H2,14,15). The molecule has 0 unspecified atom stereocenters. The molecule has 0 aliphatic rings. The lowest BCUT2D eigenvalue weighted by atomic mass is 10.4. The van der Waals surface area contributed by atoms with Gasteiger partial charge >= 0.3 is 0 Å². The molecule has 2 N–H and O–H groups in total. The number of nitrogens with two attached hydrogens (primary N) is 1. The first-order chi connectivity index (χ1) is 8.42. The second-order valence-electron chi connectivity index (χ2n) is 5.26. The Labute approximate surface area is 108 Å². The van der Waals surface area contributed by atoms with Gasteiger partial charge in [0.05, 0.1) is 0 Å². The van der Waals surface area contributed by atoms with E-state index in [0.717, 1.165) is 23.5 Å². The normalized spacial score (nSPS) is 11.3. The molecule has 0 aliphatic heterocycles. The molecule has 0 radical (unpaired) electrons. The maximum Gasteiger partial charge on any atom is 0.150 e. The monoisotopic (exact) mass is 258 g/mol. The van der Waals surface area contributed by atoms with E-state index in [4.69, 9.17) is 5.73 Å². The summed E-state index contributed by atoms with van der Waals surface area (Å²) in [7, 11) is -1.42. The number of hydrogen-bond acceptors (Lipinski definition) is 3. The minimum Gasteiger partial charge on any atom is -0.382 e. The van der Waals surface area contributed by atoms with Crippen LogP contribution in [-0.2, 0) is 6.42 Å². The van der Waals surface area contributed by atoms with Crippen LogP contribution < -0.4 is 5.73 Å². The fourth-order valence-corrected chi connectivity index (χ4v) is 2.20. The lowest BCUT2D eigenvalue weighted by Crippen LogP contribution is -2.16. The highest BCUT2D eigenvalue weighted by Crippen LogP contribution is 2.17. The van der Waals surface area contributed by atoms with E-state index in [1.165, 1.54) is 0 Å². The van der Waals surface area contributed by atoms with E-state index in [2.05, 4.69) is 48.0 Å². The fourth-order valence-electron chi connectivity index (χ4n) is 1.71. The van der Waals surface area contributed by atoms with Crippen molar-refractivity contribution in [3.8, 4) is 11.5 Å². The van der Waals surface area contributed by atoms with Crippen LogP contribution in [0.2, 0.25) is 19.6 Å². The number of nitrogen functional groups attached to an aromatic ring is 1. The molecule has 2 rings (SSSR count). The molecular formula is C13H18N4Si. The van der Waals surface area contributed by atoms with Crippen LogP contribution >= 0.6 is 0 Å². The maximum absolute atomic E-state index is 5.94. The highest BCUT2D eigenvalue weighted by molar-refractivity contribution is 6.83. The Morgan fingerprint density at radius 2 is 2.11 bits per heavy atom. The van der Waals surface area contributed by atoms with Crippen molar-refractivity contribution in [2.24, 2.45) is 0 Å². The van der Waals surface area contributed by atoms with Crippen LogP contribution in [0.15, 0.2) is 12.4 Å². The van der Waals surface area contributed by atoms with Gasteiger partial charge < -0.3 is 5.73 Å². The van der Waals surface area contributed by atoms with Crippen LogP contribution in [-0.4, -0.2) is 22.4 Å². The van der Waals surface area contributed by atoms with Gasteiger partial charge in [-0.25, -0.2) is 9.97 Å². The molecule has 94 valence electrons. The summed E-state index contributed by atoms with van der Waals surface area (Å²) >= 11 is 0. The minimum absolute atomic E-state index is 0.490. The van der Waals surface area contributed by atoms with Gasteiger partial charge in [-0.05, 0) is 0 Å². The second kappa shape index (κ2) is 4.46. The molecule has 5 heteroatoms. The third kappa shape index (κ3) is 2.39. The van der Waals surface area contributed by atoms with Crippen molar-refractivity contribution in [3.63, 3.8) is 0 Å². The van der Waals surface area contributed by atoms with E-state index in [0.29, 0.717) is 5.82 Å². The lowest BCUT2D eigenvalue weighted by Gasteiger charge is -2.03. The molecule has 0 aromatic carbocycles. The first-order valence-corrected chi connectivity index (χ1v) is 9.57. The van der Waals surface area contributed by atoms with Crippen LogP contribution in [0.25, 0.3) is 5.52 Å². The van der Waals surface area contributed by atoms with Gasteiger partial charge in [-0.1, -0.05) is 32.5 Å². The molecular weight excluding hydrogens is 240 g/mol. The van der Waals surface area contributed by atoms with E-state index in [1.54, 1.807) is 6.20 Å². The van der Waals surface area contributed by atoms with Gasteiger partial charge in [0.1, 0.15) is 25.1 Å². The first-order valence-electron chi connectivity index (χ1n) is 6.07. The number of anilines is 1. The van der Waals surface area contributed by atoms with Crippen LogP contribution in [0.1, 0.15) is 18.4 Å². The summed E-state index contributed by atoms with van der Waals surface area (Å²) < 4.78 is 1.98.